The average Bonchev–Trinajstić information content (AvgIpc) is 2.46. The summed E-state index contributed by atoms with van der Waals surface area (Å²) in [6.45, 7) is 0. The van der Waals surface area contributed by atoms with Crippen LogP contribution in [0.4, 0.5) is 26.0 Å². The molecule has 0 amide bonds. The van der Waals surface area contributed by atoms with Gasteiger partial charge in [0.2, 0.25) is 0 Å². The van der Waals surface area contributed by atoms with Gasteiger partial charge in [-0.25, -0.2) is 18.6 Å². The lowest BCUT2D eigenvalue weighted by Crippen LogP contribution is -2.09. The monoisotopic (exact) mass is 357 g/mol. The molecule has 0 saturated heterocycles. The lowest BCUT2D eigenvalue weighted by Gasteiger charge is -2.12. The Kier molecular flexibility index (Phi) is 4.37. The van der Waals surface area contributed by atoms with Crippen LogP contribution in [0, 0.1) is 11.6 Å². The number of nitrogens with zero attached hydrogens (tertiary/aromatic N) is 1. The fourth-order valence-electron chi connectivity index (χ4n) is 1.61. The molecule has 21 heavy (non-hydrogen) atoms. The van der Waals surface area contributed by atoms with Crippen molar-refractivity contribution in [2.75, 3.05) is 18.2 Å². The summed E-state index contributed by atoms with van der Waals surface area (Å²) in [4.78, 5) is 15.4. The molecule has 1 aromatic heterocycles. The van der Waals surface area contributed by atoms with Gasteiger partial charge in [0.05, 0.1) is 28.5 Å². The van der Waals surface area contributed by atoms with Gasteiger partial charge in [0.25, 0.3) is 0 Å². The Bertz CT molecular complexity index is 710. The quantitative estimate of drug-likeness (QED) is 0.651. The fraction of sp³-hybridized carbons (Fsp3) is 0.0769. The minimum absolute atomic E-state index is 0.00389. The zero-order valence-corrected chi connectivity index (χ0v) is 12.4. The van der Waals surface area contributed by atoms with Gasteiger partial charge in [-0.05, 0) is 28.1 Å². The van der Waals surface area contributed by atoms with Gasteiger partial charge in [-0.2, -0.15) is 0 Å². The number of carbonyl (C=O) groups is 1. The molecule has 3 N–H and O–H groups in total. The molecule has 110 valence electrons. The Hall–Kier alpha value is -2.22. The highest BCUT2D eigenvalue weighted by Gasteiger charge is 2.16. The number of anilines is 3. The largest absolute Gasteiger partial charge is 0.465 e. The topological polar surface area (TPSA) is 77.2 Å². The summed E-state index contributed by atoms with van der Waals surface area (Å²) >= 11 is 2.95. The minimum atomic E-state index is -0.819. The first kappa shape index (κ1) is 15.2. The van der Waals surface area contributed by atoms with E-state index in [0.29, 0.717) is 6.07 Å². The van der Waals surface area contributed by atoms with Gasteiger partial charge in [-0.1, -0.05) is 0 Å². The molecule has 2 rings (SSSR count). The van der Waals surface area contributed by atoms with E-state index in [9.17, 15) is 13.6 Å². The van der Waals surface area contributed by atoms with Gasteiger partial charge >= 0.3 is 5.97 Å². The van der Waals surface area contributed by atoms with E-state index in [2.05, 4.69) is 31.0 Å². The molecule has 0 atom stereocenters. The Morgan fingerprint density at radius 1 is 1.38 bits per heavy atom. The molecule has 0 saturated carbocycles. The predicted molar refractivity (Wildman–Crippen MR) is 77.3 cm³/mol. The number of carbonyl (C=O) groups excluding carboxylic acids is 1. The maximum absolute atomic E-state index is 13.7. The summed E-state index contributed by atoms with van der Waals surface area (Å²) in [6, 6.07) is 3.30. The van der Waals surface area contributed by atoms with Gasteiger partial charge in [0.15, 0.2) is 5.82 Å². The number of methoxy groups -OCH3 is 1. The number of nitrogens with one attached hydrogen (secondary N) is 1. The third-order valence-corrected chi connectivity index (χ3v) is 3.27. The molecule has 1 aromatic carbocycles. The molecule has 8 heteroatoms. The average molecular weight is 358 g/mol. The SMILES string of the molecule is COC(=O)c1ccnc(Nc2cc(Br)c(F)cc2F)c1N. The second-order valence-corrected chi connectivity index (χ2v) is 4.84. The van der Waals surface area contributed by atoms with Crippen LogP contribution in [0.15, 0.2) is 28.9 Å². The number of rotatable bonds is 3. The number of ether oxygens (including phenoxy) is 1. The van der Waals surface area contributed by atoms with Crippen LogP contribution in [0.25, 0.3) is 0 Å². The van der Waals surface area contributed by atoms with Crippen molar-refractivity contribution in [2.45, 2.75) is 0 Å². The second kappa shape index (κ2) is 6.04. The zero-order valence-electron chi connectivity index (χ0n) is 10.8. The van der Waals surface area contributed by atoms with Crippen molar-refractivity contribution < 1.29 is 18.3 Å². The molecular formula is C13H10BrF2N3O2. The van der Waals surface area contributed by atoms with E-state index in [-0.39, 0.29) is 27.2 Å². The number of nitrogen functional groups attached to an aromatic ring is 1. The highest BCUT2D eigenvalue weighted by Crippen LogP contribution is 2.29. The van der Waals surface area contributed by atoms with Crippen LogP contribution in [-0.2, 0) is 4.74 Å². The number of esters is 1. The third-order valence-electron chi connectivity index (χ3n) is 2.66. The standard InChI is InChI=1S/C13H10BrF2N3O2/c1-21-13(20)6-2-3-18-12(11(6)17)19-10-4-7(14)8(15)5-9(10)16/h2-5H,17H2,1H3,(H,18,19). The zero-order chi connectivity index (χ0) is 15.6. The molecule has 0 aliphatic rings. The van der Waals surface area contributed by atoms with Crippen molar-refractivity contribution in [3.05, 3.63) is 46.1 Å². The van der Waals surface area contributed by atoms with E-state index in [1.807, 2.05) is 0 Å². The van der Waals surface area contributed by atoms with E-state index in [1.165, 1.54) is 25.4 Å². The molecule has 1 heterocycles. The second-order valence-electron chi connectivity index (χ2n) is 3.98. The van der Waals surface area contributed by atoms with Gasteiger partial charge in [-0.15, -0.1) is 0 Å². The highest BCUT2D eigenvalue weighted by molar-refractivity contribution is 9.10. The number of hydrogen-bond donors (Lipinski definition) is 2. The van der Waals surface area contributed by atoms with Crippen LogP contribution >= 0.6 is 15.9 Å². The molecule has 0 unspecified atom stereocenters. The van der Waals surface area contributed by atoms with Crippen LogP contribution in [0.2, 0.25) is 0 Å². The van der Waals surface area contributed by atoms with Crippen molar-refractivity contribution >= 4 is 39.1 Å². The molecule has 0 spiro atoms. The molecule has 0 fully saturated rings. The predicted octanol–water partition coefficient (Wildman–Crippen LogP) is 3.23. The van der Waals surface area contributed by atoms with Gasteiger partial charge in [0, 0.05) is 12.3 Å². The number of halogens is 3. The Morgan fingerprint density at radius 3 is 2.76 bits per heavy atom. The lowest BCUT2D eigenvalue weighted by atomic mass is 10.2. The normalized spacial score (nSPS) is 10.3. The van der Waals surface area contributed by atoms with Crippen molar-refractivity contribution in [1.82, 2.24) is 4.98 Å². The van der Waals surface area contributed by atoms with Crippen LogP contribution in [0.1, 0.15) is 10.4 Å². The van der Waals surface area contributed by atoms with E-state index in [0.717, 1.165) is 0 Å². The smallest absolute Gasteiger partial charge is 0.340 e. The molecule has 5 nitrogen and oxygen atoms in total. The van der Waals surface area contributed by atoms with E-state index in [1.54, 1.807) is 0 Å². The number of pyridine rings is 1. The summed E-state index contributed by atoms with van der Waals surface area (Å²) in [5.41, 5.74) is 5.85. The Balaban J connectivity index is 2.41. The van der Waals surface area contributed by atoms with E-state index >= 15 is 0 Å². The molecule has 0 aliphatic heterocycles. The van der Waals surface area contributed by atoms with Gasteiger partial charge in [-0.3, -0.25) is 0 Å². The van der Waals surface area contributed by atoms with Crippen molar-refractivity contribution in [2.24, 2.45) is 0 Å². The fourth-order valence-corrected chi connectivity index (χ4v) is 1.95. The molecule has 0 bridgehead atoms. The van der Waals surface area contributed by atoms with Crippen LogP contribution in [-0.4, -0.2) is 18.1 Å². The summed E-state index contributed by atoms with van der Waals surface area (Å²) in [7, 11) is 1.21. The first-order valence-electron chi connectivity index (χ1n) is 5.68. The van der Waals surface area contributed by atoms with Gasteiger partial charge < -0.3 is 15.8 Å². The van der Waals surface area contributed by atoms with Crippen LogP contribution in [0.5, 0.6) is 0 Å². The molecule has 0 radical (unpaired) electrons. The first-order valence-corrected chi connectivity index (χ1v) is 6.47. The summed E-state index contributed by atoms with van der Waals surface area (Å²) in [5.74, 6) is -2.13. The Labute approximate surface area is 127 Å². The summed E-state index contributed by atoms with van der Waals surface area (Å²) in [5, 5.41) is 2.61. The number of nitrogens with two attached hydrogens (primary N) is 1. The Morgan fingerprint density at radius 2 is 2.10 bits per heavy atom. The molecular weight excluding hydrogens is 348 g/mol. The van der Waals surface area contributed by atoms with Crippen LogP contribution < -0.4 is 11.1 Å². The number of benzene rings is 1. The first-order chi connectivity index (χ1) is 9.93. The lowest BCUT2D eigenvalue weighted by molar-refractivity contribution is 0.0602. The van der Waals surface area contributed by atoms with Crippen molar-refractivity contribution in [3.63, 3.8) is 0 Å². The van der Waals surface area contributed by atoms with Crippen molar-refractivity contribution in [1.29, 1.82) is 0 Å². The molecule has 2 aromatic rings. The van der Waals surface area contributed by atoms with Crippen LogP contribution in [0.3, 0.4) is 0 Å². The van der Waals surface area contributed by atoms with E-state index in [4.69, 9.17) is 5.73 Å². The minimum Gasteiger partial charge on any atom is -0.465 e. The maximum atomic E-state index is 13.7. The van der Waals surface area contributed by atoms with Crippen molar-refractivity contribution in [3.8, 4) is 0 Å². The summed E-state index contributed by atoms with van der Waals surface area (Å²) in [6.07, 6.45) is 1.32. The summed E-state index contributed by atoms with van der Waals surface area (Å²) < 4.78 is 31.5. The number of aromatic nitrogens is 1. The maximum Gasteiger partial charge on any atom is 0.340 e. The molecule has 0 aliphatic carbocycles. The highest BCUT2D eigenvalue weighted by atomic mass is 79.9. The van der Waals surface area contributed by atoms with E-state index < -0.39 is 17.6 Å². The van der Waals surface area contributed by atoms with Gasteiger partial charge in [0.1, 0.15) is 11.6 Å². The third kappa shape index (κ3) is 3.10. The number of hydrogen-bond acceptors (Lipinski definition) is 5.